The predicted molar refractivity (Wildman–Crippen MR) is 244 cm³/mol. The van der Waals surface area contributed by atoms with Crippen LogP contribution in [0.3, 0.4) is 0 Å². The first-order valence-electron chi connectivity index (χ1n) is 20.2. The summed E-state index contributed by atoms with van der Waals surface area (Å²) in [5.41, 5.74) is 14.8. The molecule has 0 radical (unpaired) electrons. The number of benzene rings is 9. The average molecular weight is 753 g/mol. The number of hydrogen-bond donors (Lipinski definition) is 0. The van der Waals surface area contributed by atoms with Gasteiger partial charge in [-0.3, -0.25) is 0 Å². The molecule has 0 unspecified atom stereocenters. The number of para-hydroxylation sites is 4. The fourth-order valence-corrected chi connectivity index (χ4v) is 9.88. The monoisotopic (exact) mass is 752 g/mol. The van der Waals surface area contributed by atoms with E-state index >= 15 is 0 Å². The van der Waals surface area contributed by atoms with Crippen molar-refractivity contribution in [3.63, 3.8) is 0 Å². The zero-order valence-electron chi connectivity index (χ0n) is 32.1. The Labute approximate surface area is 342 Å². The Bertz CT molecular complexity index is 3300. The molecule has 0 aliphatic carbocycles. The SMILES string of the molecule is c1ccc(-c2nc3c(-c4cccc(N5c6ccccc6C(c6ccccc6)(c6ccccc6)c6ccccc65)c4)cccc3c3c2ccc2oc4ccccc4c23)cc1. The molecule has 3 nitrogen and oxygen atoms in total. The van der Waals surface area contributed by atoms with Gasteiger partial charge in [0.25, 0.3) is 0 Å². The second-order valence-electron chi connectivity index (χ2n) is 15.4. The number of nitrogens with zero attached hydrogens (tertiary/aromatic N) is 2. The van der Waals surface area contributed by atoms with Gasteiger partial charge < -0.3 is 9.32 Å². The van der Waals surface area contributed by atoms with Gasteiger partial charge in [-0.05, 0) is 70.3 Å². The summed E-state index contributed by atoms with van der Waals surface area (Å²) in [4.78, 5) is 8.02. The van der Waals surface area contributed by atoms with E-state index in [-0.39, 0.29) is 0 Å². The summed E-state index contributed by atoms with van der Waals surface area (Å²) in [5, 5.41) is 5.60. The Balaban J connectivity index is 1.11. The molecule has 0 bridgehead atoms. The fraction of sp³-hybridized carbons (Fsp3) is 0.0179. The van der Waals surface area contributed by atoms with Crippen molar-refractivity contribution in [2.45, 2.75) is 5.41 Å². The Hall–Kier alpha value is -7.75. The first-order chi connectivity index (χ1) is 29.3. The molecule has 276 valence electrons. The molecule has 12 rings (SSSR count). The Morgan fingerprint density at radius 1 is 0.407 bits per heavy atom. The van der Waals surface area contributed by atoms with E-state index in [1.165, 1.54) is 22.3 Å². The number of fused-ring (bicyclic) bond motifs is 9. The van der Waals surface area contributed by atoms with Crippen LogP contribution < -0.4 is 4.90 Å². The normalized spacial score (nSPS) is 13.2. The molecule has 9 aromatic carbocycles. The van der Waals surface area contributed by atoms with Crippen molar-refractivity contribution in [3.05, 3.63) is 241 Å². The van der Waals surface area contributed by atoms with Gasteiger partial charge in [-0.15, -0.1) is 0 Å². The van der Waals surface area contributed by atoms with Crippen molar-refractivity contribution < 1.29 is 4.42 Å². The van der Waals surface area contributed by atoms with Crippen LogP contribution >= 0.6 is 0 Å². The highest BCUT2D eigenvalue weighted by molar-refractivity contribution is 6.29. The molecule has 0 atom stereocenters. The van der Waals surface area contributed by atoms with E-state index in [0.717, 1.165) is 83.1 Å². The van der Waals surface area contributed by atoms with E-state index in [2.05, 4.69) is 217 Å². The van der Waals surface area contributed by atoms with Crippen LogP contribution in [0.1, 0.15) is 22.3 Å². The molecule has 1 aliphatic rings. The number of pyridine rings is 1. The summed E-state index contributed by atoms with van der Waals surface area (Å²) in [6.45, 7) is 0. The summed E-state index contributed by atoms with van der Waals surface area (Å²) < 4.78 is 6.46. The van der Waals surface area contributed by atoms with Crippen molar-refractivity contribution >= 4 is 60.7 Å². The third kappa shape index (κ3) is 4.92. The van der Waals surface area contributed by atoms with Gasteiger partial charge in [0, 0.05) is 43.7 Å². The van der Waals surface area contributed by atoms with Gasteiger partial charge >= 0.3 is 0 Å². The number of aromatic nitrogens is 1. The highest BCUT2D eigenvalue weighted by Crippen LogP contribution is 2.57. The van der Waals surface area contributed by atoms with Crippen molar-refractivity contribution in [2.24, 2.45) is 0 Å². The smallest absolute Gasteiger partial charge is 0.136 e. The molecule has 59 heavy (non-hydrogen) atoms. The van der Waals surface area contributed by atoms with E-state index in [1.807, 2.05) is 6.07 Å². The third-order valence-corrected chi connectivity index (χ3v) is 12.3. The Morgan fingerprint density at radius 3 is 1.69 bits per heavy atom. The number of anilines is 3. The number of hydrogen-bond acceptors (Lipinski definition) is 3. The van der Waals surface area contributed by atoms with Gasteiger partial charge in [-0.1, -0.05) is 176 Å². The van der Waals surface area contributed by atoms with Crippen LogP contribution in [0.15, 0.2) is 223 Å². The standard InChI is InChI=1S/C56H36N2O/c1-4-18-37(19-5-1)54-45-34-35-51-53(43-26-10-15-33-50(43)59-51)52(45)44-28-17-27-42(55(44)57-54)38-20-16-25-41(36-38)58-48-31-13-11-29-46(48)56(39-21-6-2-7-22-39,40-23-8-3-9-24-40)47-30-12-14-32-49(47)58/h1-36H. The van der Waals surface area contributed by atoms with Gasteiger partial charge in [0.2, 0.25) is 0 Å². The summed E-state index contributed by atoms with van der Waals surface area (Å²) in [7, 11) is 0. The maximum Gasteiger partial charge on any atom is 0.136 e. The first kappa shape index (κ1) is 33.4. The summed E-state index contributed by atoms with van der Waals surface area (Å²) >= 11 is 0. The van der Waals surface area contributed by atoms with E-state index in [0.29, 0.717) is 0 Å². The molecule has 3 heterocycles. The van der Waals surface area contributed by atoms with Crippen molar-refractivity contribution in [1.29, 1.82) is 0 Å². The fourth-order valence-electron chi connectivity index (χ4n) is 9.88. The zero-order chi connectivity index (χ0) is 38.9. The van der Waals surface area contributed by atoms with Gasteiger partial charge in [-0.2, -0.15) is 0 Å². The molecule has 0 N–H and O–H groups in total. The highest BCUT2D eigenvalue weighted by atomic mass is 16.3. The van der Waals surface area contributed by atoms with Crippen molar-refractivity contribution in [2.75, 3.05) is 4.90 Å². The average Bonchev–Trinajstić information content (AvgIpc) is 3.70. The molecular weight excluding hydrogens is 717 g/mol. The van der Waals surface area contributed by atoms with E-state index < -0.39 is 5.41 Å². The van der Waals surface area contributed by atoms with Crippen LogP contribution in [0.5, 0.6) is 0 Å². The van der Waals surface area contributed by atoms with Gasteiger partial charge in [-0.25, -0.2) is 4.98 Å². The molecule has 3 heteroatoms. The lowest BCUT2D eigenvalue weighted by Crippen LogP contribution is -2.37. The topological polar surface area (TPSA) is 29.3 Å². The number of rotatable bonds is 5. The molecule has 11 aromatic rings. The summed E-state index contributed by atoms with van der Waals surface area (Å²) in [5.74, 6) is 0. The van der Waals surface area contributed by atoms with Gasteiger partial charge in [0.1, 0.15) is 11.2 Å². The van der Waals surface area contributed by atoms with Crippen LogP contribution in [0.2, 0.25) is 0 Å². The Morgan fingerprint density at radius 2 is 0.983 bits per heavy atom. The van der Waals surface area contributed by atoms with Crippen molar-refractivity contribution in [3.8, 4) is 22.4 Å². The predicted octanol–water partition coefficient (Wildman–Crippen LogP) is 14.8. The van der Waals surface area contributed by atoms with Crippen LogP contribution in [0.25, 0.3) is 66.0 Å². The van der Waals surface area contributed by atoms with E-state index in [9.17, 15) is 0 Å². The van der Waals surface area contributed by atoms with Crippen LogP contribution in [-0.4, -0.2) is 4.98 Å². The molecule has 0 fully saturated rings. The minimum Gasteiger partial charge on any atom is -0.456 e. The zero-order valence-corrected chi connectivity index (χ0v) is 32.1. The highest BCUT2D eigenvalue weighted by Gasteiger charge is 2.46. The van der Waals surface area contributed by atoms with Gasteiger partial charge in [0.15, 0.2) is 0 Å². The first-order valence-corrected chi connectivity index (χ1v) is 20.2. The molecule has 2 aromatic heterocycles. The minimum atomic E-state index is -0.527. The second kappa shape index (κ2) is 13.2. The van der Waals surface area contributed by atoms with E-state index in [4.69, 9.17) is 9.40 Å². The number of furan rings is 1. The van der Waals surface area contributed by atoms with Crippen LogP contribution in [-0.2, 0) is 5.41 Å². The second-order valence-corrected chi connectivity index (χ2v) is 15.4. The summed E-state index contributed by atoms with van der Waals surface area (Å²) in [6, 6.07) is 78.6. The maximum atomic E-state index is 6.46. The minimum absolute atomic E-state index is 0.527. The largest absolute Gasteiger partial charge is 0.456 e. The molecule has 0 spiro atoms. The van der Waals surface area contributed by atoms with Crippen LogP contribution in [0.4, 0.5) is 17.1 Å². The van der Waals surface area contributed by atoms with Crippen molar-refractivity contribution in [1.82, 2.24) is 4.98 Å². The van der Waals surface area contributed by atoms with E-state index in [1.54, 1.807) is 0 Å². The molecular formula is C56H36N2O. The third-order valence-electron chi connectivity index (χ3n) is 12.3. The molecule has 0 saturated heterocycles. The Kier molecular flexibility index (Phi) is 7.45. The molecule has 0 amide bonds. The molecule has 0 saturated carbocycles. The quantitative estimate of drug-likeness (QED) is 0.164. The van der Waals surface area contributed by atoms with Crippen LogP contribution in [0, 0.1) is 0 Å². The summed E-state index contributed by atoms with van der Waals surface area (Å²) in [6.07, 6.45) is 0. The molecule has 1 aliphatic heterocycles. The lowest BCUT2D eigenvalue weighted by atomic mass is 9.62. The maximum absolute atomic E-state index is 6.46. The lowest BCUT2D eigenvalue weighted by Gasteiger charge is -2.46. The van der Waals surface area contributed by atoms with Gasteiger partial charge in [0.05, 0.1) is 28.0 Å². The lowest BCUT2D eigenvalue weighted by molar-refractivity contribution is 0.669.